The van der Waals surface area contributed by atoms with E-state index in [9.17, 15) is 20.2 Å². The molecule has 0 aliphatic carbocycles. The largest absolute Gasteiger partial charge is 0.331 e. The summed E-state index contributed by atoms with van der Waals surface area (Å²) in [7, 11) is 12.9. The van der Waals surface area contributed by atoms with Gasteiger partial charge in [-0.2, -0.15) is 0 Å². The van der Waals surface area contributed by atoms with Crippen molar-refractivity contribution in [2.24, 2.45) is 0 Å². The van der Waals surface area contributed by atoms with Gasteiger partial charge < -0.3 is 18.9 Å². The normalized spacial score (nSPS) is 12.5. The van der Waals surface area contributed by atoms with Crippen LogP contribution in [-0.2, 0) is 12.8 Å². The lowest BCUT2D eigenvalue weighted by molar-refractivity contribution is -0.870. The van der Waals surface area contributed by atoms with E-state index in [-0.39, 0.29) is 11.4 Å². The second-order valence-electron chi connectivity index (χ2n) is 16.9. The van der Waals surface area contributed by atoms with Crippen LogP contribution in [-0.4, -0.2) is 114 Å². The molecule has 3 aromatic heterocycles. The molecule has 16 nitrogen and oxygen atoms in total. The summed E-state index contributed by atoms with van der Waals surface area (Å²) in [6.07, 6.45) is 1.62. The summed E-state index contributed by atoms with van der Waals surface area (Å²) in [6.45, 7) is 1.80. The number of aromatic amines is 2. The predicted octanol–water partition coefficient (Wildman–Crippen LogP) is 7.18. The van der Waals surface area contributed by atoms with E-state index in [1.54, 1.807) is 12.1 Å². The predicted molar refractivity (Wildman–Crippen MR) is 223 cm³/mol. The number of nitrogens with zero attached hydrogens (tertiary/aromatic N) is 10. The highest BCUT2D eigenvalue weighted by Gasteiger charge is 2.25. The molecule has 0 atom stereocenters. The zero-order chi connectivity index (χ0) is 40.7. The topological polar surface area (TPSA) is 195 Å². The van der Waals surface area contributed by atoms with Gasteiger partial charge in [0, 0.05) is 80.9 Å². The number of hydrogen-bond donors (Lipinski definition) is 2. The maximum Gasteiger partial charge on any atom is 0.270 e. The minimum Gasteiger partial charge on any atom is -0.331 e. The molecule has 0 saturated heterocycles. The lowest BCUT2D eigenvalue weighted by Crippen LogP contribution is -2.36. The van der Waals surface area contributed by atoms with Gasteiger partial charge in [-0.25, -0.2) is 29.9 Å². The van der Waals surface area contributed by atoms with Crippen molar-refractivity contribution in [3.63, 3.8) is 0 Å². The molecule has 0 unspecified atom stereocenters. The lowest BCUT2D eigenvalue weighted by atomic mass is 10.0. The van der Waals surface area contributed by atoms with Gasteiger partial charge in [0.15, 0.2) is 23.3 Å². The molecule has 58 heavy (non-hydrogen) atoms. The van der Waals surface area contributed by atoms with Gasteiger partial charge in [-0.05, 0) is 35.4 Å². The Labute approximate surface area is 331 Å². The number of benzene rings is 4. The number of nitro benzene ring substituents is 2. The average molecular weight is 777 g/mol. The minimum atomic E-state index is -0.436. The summed E-state index contributed by atoms with van der Waals surface area (Å²) in [5.41, 5.74) is 6.48. The summed E-state index contributed by atoms with van der Waals surface area (Å²) in [5, 5.41) is 26.2. The third kappa shape index (κ3) is 6.77. The Morgan fingerprint density at radius 3 is 1.19 bits per heavy atom. The van der Waals surface area contributed by atoms with Gasteiger partial charge >= 0.3 is 0 Å². The third-order valence-electron chi connectivity index (χ3n) is 10.5. The monoisotopic (exact) mass is 776 g/mol. The van der Waals surface area contributed by atoms with Crippen molar-refractivity contribution in [2.45, 2.75) is 12.8 Å². The number of aromatic nitrogens is 8. The van der Waals surface area contributed by atoms with E-state index < -0.39 is 9.85 Å². The highest BCUT2D eigenvalue weighted by molar-refractivity contribution is 6.07. The van der Waals surface area contributed by atoms with E-state index in [2.05, 4.69) is 76.5 Å². The van der Waals surface area contributed by atoms with Crippen molar-refractivity contribution in [1.82, 2.24) is 39.9 Å². The number of quaternary nitrogens is 2. The second-order valence-corrected chi connectivity index (χ2v) is 16.9. The minimum absolute atomic E-state index is 0.0902. The molecule has 290 valence electrons. The molecule has 7 aromatic rings. The van der Waals surface area contributed by atoms with Gasteiger partial charge in [-0.3, -0.25) is 20.2 Å². The first-order chi connectivity index (χ1) is 27.6. The number of nitrogens with one attached hydrogen (secondary N) is 2. The van der Waals surface area contributed by atoms with Crippen molar-refractivity contribution < 1.29 is 18.8 Å². The molecule has 2 aliphatic heterocycles. The fourth-order valence-electron chi connectivity index (χ4n) is 7.33. The molecule has 2 N–H and O–H groups in total. The molecule has 5 heterocycles. The lowest BCUT2D eigenvalue weighted by Gasteiger charge is -2.23. The van der Waals surface area contributed by atoms with E-state index in [1.807, 2.05) is 12.1 Å². The standard InChI is InChI=1S/C42H40N12O4/c1-53(2,3)17-15-23-7-11-27-31(19-23)39-43-35(27)47-41-34-22-26(52(57)58)10-14-30(34)38(50-41)46-40-32-20-24(16-18-54(4,5)6)8-12-28(32)36(44-40)48-42-33-21-25(51(55)56)9-13-29(33)37(45-39)49-42/h7-14,19-22H,15-18H2,1-6H3,(H2,43,44,45,46,47,48,49,50)/q+2. The van der Waals surface area contributed by atoms with Crippen LogP contribution in [0.4, 0.5) is 11.4 Å². The van der Waals surface area contributed by atoms with Gasteiger partial charge in [-0.1, -0.05) is 24.3 Å². The zero-order valence-electron chi connectivity index (χ0n) is 32.9. The molecular weight excluding hydrogens is 737 g/mol. The fourth-order valence-corrected chi connectivity index (χ4v) is 7.33. The first-order valence-corrected chi connectivity index (χ1v) is 18.8. The van der Waals surface area contributed by atoms with E-state index in [0.29, 0.717) is 67.4 Å². The summed E-state index contributed by atoms with van der Waals surface area (Å²) in [4.78, 5) is 59.9. The summed E-state index contributed by atoms with van der Waals surface area (Å²) in [6, 6.07) is 21.4. The Bertz CT molecular complexity index is 2860. The molecule has 0 amide bonds. The van der Waals surface area contributed by atoms with Crippen molar-refractivity contribution in [2.75, 3.05) is 55.4 Å². The van der Waals surface area contributed by atoms with Crippen LogP contribution < -0.4 is 0 Å². The van der Waals surface area contributed by atoms with Gasteiger partial charge in [0.05, 0.1) is 65.2 Å². The van der Waals surface area contributed by atoms with E-state index in [0.717, 1.165) is 68.3 Å². The maximum atomic E-state index is 12.0. The third-order valence-corrected chi connectivity index (χ3v) is 10.5. The molecule has 0 radical (unpaired) electrons. The quantitative estimate of drug-likeness (QED) is 0.0906. The van der Waals surface area contributed by atoms with Crippen LogP contribution in [0.1, 0.15) is 11.1 Å². The smallest absolute Gasteiger partial charge is 0.270 e. The van der Waals surface area contributed by atoms with Crippen LogP contribution in [0.3, 0.4) is 0 Å². The fraction of sp³-hybridized carbons (Fsp3) is 0.238. The van der Waals surface area contributed by atoms with Crippen LogP contribution in [0.2, 0.25) is 0 Å². The summed E-state index contributed by atoms with van der Waals surface area (Å²) in [5.74, 6) is 1.48. The summed E-state index contributed by atoms with van der Waals surface area (Å²) >= 11 is 0. The summed E-state index contributed by atoms with van der Waals surface area (Å²) < 4.78 is 1.57. The highest BCUT2D eigenvalue weighted by Crippen LogP contribution is 2.39. The van der Waals surface area contributed by atoms with Gasteiger partial charge in [-0.15, -0.1) is 0 Å². The molecule has 2 aliphatic rings. The maximum absolute atomic E-state index is 12.0. The van der Waals surface area contributed by atoms with Crippen LogP contribution >= 0.6 is 0 Å². The Hall–Kier alpha value is -7.04. The SMILES string of the molecule is C[N+](C)(C)CCc1ccc2c(c1)-c1nc-2nc2[nH]c(nc3nc(nc4[nH]c(n1)c1ccc([N+](=O)[O-])cc41)-c1ccc(CC[N+](C)(C)C)cc1-3)c1ccc([N+](=O)[O-])cc21. The number of H-pyrrole nitrogens is 2. The van der Waals surface area contributed by atoms with Gasteiger partial charge in [0.25, 0.3) is 11.4 Å². The number of rotatable bonds is 8. The van der Waals surface area contributed by atoms with E-state index >= 15 is 0 Å². The van der Waals surface area contributed by atoms with E-state index in [1.165, 1.54) is 24.3 Å². The highest BCUT2D eigenvalue weighted by atomic mass is 16.6. The molecule has 0 saturated carbocycles. The zero-order valence-corrected chi connectivity index (χ0v) is 32.9. The van der Waals surface area contributed by atoms with Crippen LogP contribution in [0.25, 0.3) is 89.7 Å². The molecule has 4 aromatic carbocycles. The van der Waals surface area contributed by atoms with Crippen LogP contribution in [0, 0.1) is 20.2 Å². The average Bonchev–Trinajstić information content (AvgIpc) is 3.90. The van der Waals surface area contributed by atoms with Crippen molar-refractivity contribution >= 4 is 55.5 Å². The Morgan fingerprint density at radius 1 is 0.466 bits per heavy atom. The molecule has 8 bridgehead atoms. The van der Waals surface area contributed by atoms with Crippen LogP contribution in [0.5, 0.6) is 0 Å². The Morgan fingerprint density at radius 2 is 0.828 bits per heavy atom. The van der Waals surface area contributed by atoms with Crippen molar-refractivity contribution in [1.29, 1.82) is 0 Å². The molecular formula is C42H40N12O4+2. The van der Waals surface area contributed by atoms with E-state index in [4.69, 9.17) is 29.9 Å². The molecule has 0 spiro atoms. The van der Waals surface area contributed by atoms with Crippen LogP contribution in [0.15, 0.2) is 72.8 Å². The Kier molecular flexibility index (Phi) is 8.38. The molecule has 16 heteroatoms. The number of nitro groups is 2. The molecule has 9 rings (SSSR count). The number of non-ortho nitro benzene ring substituents is 2. The van der Waals surface area contributed by atoms with Crippen molar-refractivity contribution in [3.05, 3.63) is 104 Å². The Balaban J connectivity index is 1.39. The second kappa shape index (κ2) is 13.3. The van der Waals surface area contributed by atoms with Gasteiger partial charge in [0.1, 0.15) is 22.6 Å². The number of hydrogen-bond acceptors (Lipinski definition) is 10. The van der Waals surface area contributed by atoms with Gasteiger partial charge in [0.2, 0.25) is 0 Å². The first-order valence-electron chi connectivity index (χ1n) is 18.8. The number of fused-ring (bicyclic) bond motifs is 20. The number of likely N-dealkylation sites (N-methyl/N-ethyl adjacent to an activating group) is 2. The molecule has 0 fully saturated rings. The van der Waals surface area contributed by atoms with Crippen molar-refractivity contribution in [3.8, 4) is 45.6 Å². The first kappa shape index (κ1) is 36.6.